The van der Waals surface area contributed by atoms with E-state index in [1.807, 2.05) is 0 Å². The van der Waals surface area contributed by atoms with Crippen LogP contribution in [0, 0.1) is 19.7 Å². The number of nitrogens with zero attached hydrogens (tertiary/aromatic N) is 1. The van der Waals surface area contributed by atoms with Crippen LogP contribution in [0.4, 0.5) is 4.39 Å². The summed E-state index contributed by atoms with van der Waals surface area (Å²) >= 11 is 0. The van der Waals surface area contributed by atoms with E-state index in [1.165, 1.54) is 12.1 Å². The van der Waals surface area contributed by atoms with E-state index in [2.05, 4.69) is 9.88 Å². The second-order valence-corrected chi connectivity index (χ2v) is 8.08. The smallest absolute Gasteiger partial charge is 0.245 e. The maximum Gasteiger partial charge on any atom is 0.245 e. The summed E-state index contributed by atoms with van der Waals surface area (Å²) in [7, 11) is -3.75. The van der Waals surface area contributed by atoms with E-state index in [0.717, 1.165) is 5.56 Å². The summed E-state index contributed by atoms with van der Waals surface area (Å²) in [5.74, 6) is -0.0601. The van der Waals surface area contributed by atoms with Crippen LogP contribution in [-0.4, -0.2) is 33.3 Å². The lowest BCUT2D eigenvalue weighted by Crippen LogP contribution is -2.44. The van der Waals surface area contributed by atoms with Crippen molar-refractivity contribution in [2.24, 2.45) is 0 Å². The Kier molecular flexibility index (Phi) is 4.95. The van der Waals surface area contributed by atoms with Gasteiger partial charge in [-0.1, -0.05) is 17.3 Å². The Bertz CT molecular complexity index is 821. The first kappa shape index (κ1) is 18.0. The van der Waals surface area contributed by atoms with Crippen LogP contribution in [-0.2, 0) is 20.2 Å². The van der Waals surface area contributed by atoms with Crippen molar-refractivity contribution in [3.8, 4) is 0 Å². The molecule has 0 amide bonds. The Morgan fingerprint density at radius 2 is 1.84 bits per heavy atom. The third-order valence-corrected chi connectivity index (χ3v) is 6.39. The summed E-state index contributed by atoms with van der Waals surface area (Å²) < 4.78 is 51.8. The molecular formula is C17H21FN2O4S. The molecule has 136 valence electrons. The molecule has 0 spiro atoms. The van der Waals surface area contributed by atoms with Crippen LogP contribution in [0.2, 0.25) is 0 Å². The van der Waals surface area contributed by atoms with Gasteiger partial charge >= 0.3 is 0 Å². The molecule has 2 heterocycles. The summed E-state index contributed by atoms with van der Waals surface area (Å²) in [5.41, 5.74) is 0.796. The molecule has 0 radical (unpaired) electrons. The highest BCUT2D eigenvalue weighted by Crippen LogP contribution is 2.35. The topological polar surface area (TPSA) is 81.4 Å². The van der Waals surface area contributed by atoms with Crippen molar-refractivity contribution in [1.82, 2.24) is 9.88 Å². The molecule has 1 aliphatic heterocycles. The van der Waals surface area contributed by atoms with Gasteiger partial charge in [-0.25, -0.2) is 17.5 Å². The van der Waals surface area contributed by atoms with Crippen molar-refractivity contribution < 1.29 is 22.1 Å². The molecule has 1 N–H and O–H groups in total. The van der Waals surface area contributed by atoms with E-state index >= 15 is 0 Å². The predicted molar refractivity (Wildman–Crippen MR) is 89.3 cm³/mol. The van der Waals surface area contributed by atoms with Crippen LogP contribution in [0.5, 0.6) is 0 Å². The Balaban J connectivity index is 1.88. The Morgan fingerprint density at radius 3 is 2.40 bits per heavy atom. The molecule has 6 nitrogen and oxygen atoms in total. The lowest BCUT2D eigenvalue weighted by Gasteiger charge is -2.37. The van der Waals surface area contributed by atoms with Gasteiger partial charge in [0.1, 0.15) is 16.4 Å². The van der Waals surface area contributed by atoms with Crippen LogP contribution in [0.1, 0.15) is 29.9 Å². The zero-order chi connectivity index (χ0) is 18.1. The quantitative estimate of drug-likeness (QED) is 0.877. The number of hydrogen-bond donors (Lipinski definition) is 1. The van der Waals surface area contributed by atoms with Crippen molar-refractivity contribution in [2.75, 3.05) is 19.8 Å². The number of halogens is 1. The molecule has 1 saturated heterocycles. The van der Waals surface area contributed by atoms with Crippen LogP contribution in [0.3, 0.4) is 0 Å². The summed E-state index contributed by atoms with van der Waals surface area (Å²) in [5, 5.41) is 3.71. The predicted octanol–water partition coefficient (Wildman–Crippen LogP) is 2.46. The van der Waals surface area contributed by atoms with Crippen molar-refractivity contribution in [1.29, 1.82) is 0 Å². The van der Waals surface area contributed by atoms with Gasteiger partial charge in [-0.05, 0) is 44.4 Å². The zero-order valence-corrected chi connectivity index (χ0v) is 15.0. The lowest BCUT2D eigenvalue weighted by atomic mass is 9.74. The fraction of sp³-hybridized carbons (Fsp3) is 0.471. The van der Waals surface area contributed by atoms with Gasteiger partial charge in [0.25, 0.3) is 0 Å². The molecule has 1 aromatic carbocycles. The number of ether oxygens (including phenoxy) is 1. The van der Waals surface area contributed by atoms with E-state index in [9.17, 15) is 12.8 Å². The summed E-state index contributed by atoms with van der Waals surface area (Å²) in [6.07, 6.45) is 1.31. The van der Waals surface area contributed by atoms with Crippen molar-refractivity contribution >= 4 is 10.0 Å². The van der Waals surface area contributed by atoms with Gasteiger partial charge in [-0.3, -0.25) is 0 Å². The maximum absolute atomic E-state index is 13.3. The average molecular weight is 368 g/mol. The van der Waals surface area contributed by atoms with Crippen LogP contribution in [0.15, 0.2) is 33.7 Å². The van der Waals surface area contributed by atoms with E-state index < -0.39 is 15.4 Å². The minimum atomic E-state index is -3.75. The maximum atomic E-state index is 13.3. The van der Waals surface area contributed by atoms with Crippen molar-refractivity contribution in [3.63, 3.8) is 0 Å². The normalized spacial score (nSPS) is 17.6. The molecule has 3 rings (SSSR count). The molecule has 1 aromatic heterocycles. The number of nitrogens with one attached hydrogen (secondary N) is 1. The van der Waals surface area contributed by atoms with Crippen LogP contribution in [0.25, 0.3) is 0 Å². The average Bonchev–Trinajstić information content (AvgIpc) is 2.94. The summed E-state index contributed by atoms with van der Waals surface area (Å²) in [4.78, 5) is 0.0776. The second-order valence-electron chi connectivity index (χ2n) is 6.38. The number of rotatable bonds is 5. The highest BCUT2D eigenvalue weighted by atomic mass is 32.2. The van der Waals surface area contributed by atoms with E-state index in [4.69, 9.17) is 9.26 Å². The molecule has 2 aromatic rings. The summed E-state index contributed by atoms with van der Waals surface area (Å²) in [6.45, 7) is 4.43. The van der Waals surface area contributed by atoms with Gasteiger partial charge in [-0.2, -0.15) is 0 Å². The highest BCUT2D eigenvalue weighted by molar-refractivity contribution is 7.89. The monoisotopic (exact) mass is 368 g/mol. The Morgan fingerprint density at radius 1 is 1.20 bits per heavy atom. The second kappa shape index (κ2) is 6.86. The van der Waals surface area contributed by atoms with Gasteiger partial charge in [0.15, 0.2) is 5.76 Å². The minimum absolute atomic E-state index is 0.0776. The molecule has 25 heavy (non-hydrogen) atoms. The largest absolute Gasteiger partial charge is 0.381 e. The Hall–Kier alpha value is -1.77. The molecule has 0 saturated carbocycles. The molecule has 8 heteroatoms. The first-order valence-corrected chi connectivity index (χ1v) is 9.59. The lowest BCUT2D eigenvalue weighted by molar-refractivity contribution is 0.0517. The van der Waals surface area contributed by atoms with Gasteiger partial charge in [0, 0.05) is 25.2 Å². The third kappa shape index (κ3) is 3.61. The molecule has 0 unspecified atom stereocenters. The Labute approximate surface area is 146 Å². The van der Waals surface area contributed by atoms with Gasteiger partial charge in [0.05, 0.1) is 0 Å². The first-order valence-electron chi connectivity index (χ1n) is 8.10. The third-order valence-electron chi connectivity index (χ3n) is 4.74. The van der Waals surface area contributed by atoms with E-state index in [1.54, 1.807) is 26.0 Å². The number of sulfonamides is 1. The SMILES string of the molecule is Cc1noc(C)c1S(=O)(=O)NCC1(c2ccc(F)cc2)CCOCC1. The van der Waals surface area contributed by atoms with Gasteiger partial charge in [-0.15, -0.1) is 0 Å². The van der Waals surface area contributed by atoms with Crippen molar-refractivity contribution in [2.45, 2.75) is 37.0 Å². The number of aryl methyl sites for hydroxylation is 2. The summed E-state index contributed by atoms with van der Waals surface area (Å²) in [6, 6.07) is 6.22. The number of benzene rings is 1. The molecule has 1 fully saturated rings. The number of hydrogen-bond acceptors (Lipinski definition) is 5. The van der Waals surface area contributed by atoms with E-state index in [-0.39, 0.29) is 23.0 Å². The molecule has 0 bridgehead atoms. The fourth-order valence-electron chi connectivity index (χ4n) is 3.30. The number of aromatic nitrogens is 1. The van der Waals surface area contributed by atoms with Crippen LogP contribution >= 0.6 is 0 Å². The zero-order valence-electron chi connectivity index (χ0n) is 14.2. The van der Waals surface area contributed by atoms with E-state index in [0.29, 0.717) is 31.7 Å². The van der Waals surface area contributed by atoms with Crippen molar-refractivity contribution in [3.05, 3.63) is 47.1 Å². The minimum Gasteiger partial charge on any atom is -0.381 e. The standard InChI is InChI=1S/C17H21FN2O4S/c1-12-16(13(2)24-20-12)25(21,22)19-11-17(7-9-23-10-8-17)14-3-5-15(18)6-4-14/h3-6,19H,7-11H2,1-2H3. The molecular weight excluding hydrogens is 347 g/mol. The van der Waals surface area contributed by atoms with Crippen LogP contribution < -0.4 is 4.72 Å². The van der Waals surface area contributed by atoms with Gasteiger partial charge < -0.3 is 9.26 Å². The molecule has 0 aliphatic carbocycles. The molecule has 0 atom stereocenters. The fourth-order valence-corrected chi connectivity index (χ4v) is 4.75. The first-order chi connectivity index (χ1) is 11.8. The van der Waals surface area contributed by atoms with Gasteiger partial charge in [0.2, 0.25) is 10.0 Å². The highest BCUT2D eigenvalue weighted by Gasteiger charge is 2.36. The molecule has 1 aliphatic rings.